The average molecular weight is 362 g/mol. The first-order chi connectivity index (χ1) is 12.0. The van der Waals surface area contributed by atoms with Gasteiger partial charge < -0.3 is 19.8 Å². The summed E-state index contributed by atoms with van der Waals surface area (Å²) in [5, 5.41) is 20.8. The van der Waals surface area contributed by atoms with E-state index in [9.17, 15) is 15.0 Å². The number of aliphatic hydroxyl groups is 1. The zero-order valence-electron chi connectivity index (χ0n) is 13.9. The zero-order chi connectivity index (χ0) is 18.0. The molecule has 0 spiro atoms. The van der Waals surface area contributed by atoms with Gasteiger partial charge >= 0.3 is 0 Å². The van der Waals surface area contributed by atoms with Crippen molar-refractivity contribution in [2.45, 2.75) is 25.6 Å². The number of likely N-dealkylation sites (tertiary alicyclic amines) is 1. The lowest BCUT2D eigenvalue weighted by Crippen LogP contribution is -2.51. The molecule has 2 N–H and O–H groups in total. The molecule has 0 bridgehead atoms. The number of phenols is 1. The van der Waals surface area contributed by atoms with E-state index in [2.05, 4.69) is 0 Å². The molecule has 1 aliphatic heterocycles. The molecule has 0 aromatic heterocycles. The van der Waals surface area contributed by atoms with Crippen LogP contribution in [0.2, 0.25) is 5.02 Å². The third kappa shape index (κ3) is 3.89. The van der Waals surface area contributed by atoms with Crippen LogP contribution in [0.1, 0.15) is 22.3 Å². The summed E-state index contributed by atoms with van der Waals surface area (Å²) in [6.07, 6.45) is -0.644. The molecule has 1 saturated heterocycles. The Bertz CT molecular complexity index is 763. The first kappa shape index (κ1) is 17.6. The van der Waals surface area contributed by atoms with Crippen molar-refractivity contribution in [2.75, 3.05) is 13.1 Å². The Labute approximate surface area is 151 Å². The summed E-state index contributed by atoms with van der Waals surface area (Å²) in [4.78, 5) is 14.3. The van der Waals surface area contributed by atoms with Gasteiger partial charge in [-0.05, 0) is 43.3 Å². The molecule has 132 valence electrons. The fraction of sp³-hybridized carbons (Fsp3) is 0.316. The second-order valence-corrected chi connectivity index (χ2v) is 6.60. The van der Waals surface area contributed by atoms with Crippen LogP contribution in [0.5, 0.6) is 11.5 Å². The van der Waals surface area contributed by atoms with Gasteiger partial charge in [0.1, 0.15) is 23.7 Å². The number of rotatable bonds is 3. The first-order valence-electron chi connectivity index (χ1n) is 8.14. The molecule has 25 heavy (non-hydrogen) atoms. The van der Waals surface area contributed by atoms with Crippen LogP contribution in [0, 0.1) is 6.92 Å². The van der Waals surface area contributed by atoms with E-state index in [1.54, 1.807) is 54.3 Å². The van der Waals surface area contributed by atoms with Gasteiger partial charge in [0, 0.05) is 29.1 Å². The smallest absolute Gasteiger partial charge is 0.254 e. The van der Waals surface area contributed by atoms with E-state index in [4.69, 9.17) is 16.3 Å². The molecular formula is C19H20ClNO4. The summed E-state index contributed by atoms with van der Waals surface area (Å²) in [6, 6.07) is 11.8. The number of carbonyl (C=O) groups is 1. The predicted molar refractivity (Wildman–Crippen MR) is 95.2 cm³/mol. The molecule has 1 amide bonds. The van der Waals surface area contributed by atoms with Crippen LogP contribution in [0.3, 0.4) is 0 Å². The molecule has 5 nitrogen and oxygen atoms in total. The Hall–Kier alpha value is -2.24. The van der Waals surface area contributed by atoms with E-state index < -0.39 is 6.10 Å². The number of phenolic OH excluding ortho intramolecular Hbond substituents is 1. The molecule has 3 rings (SSSR count). The summed E-state index contributed by atoms with van der Waals surface area (Å²) in [5.74, 6) is 0.529. The Kier molecular flexibility index (Phi) is 5.16. The normalized spacial score (nSPS) is 20.4. The minimum Gasteiger partial charge on any atom is -0.508 e. The molecule has 6 heteroatoms. The molecule has 0 aliphatic carbocycles. The lowest BCUT2D eigenvalue weighted by atomic mass is 10.0. The van der Waals surface area contributed by atoms with Crippen LogP contribution in [-0.2, 0) is 0 Å². The maximum Gasteiger partial charge on any atom is 0.254 e. The number of β-amino-alcohol motifs (C(OH)–C–C–N with tert-alkyl or cyclic N) is 1. The van der Waals surface area contributed by atoms with Crippen molar-refractivity contribution in [2.24, 2.45) is 0 Å². The minimum absolute atomic E-state index is 0.0901. The molecule has 1 aliphatic rings. The van der Waals surface area contributed by atoms with Crippen molar-refractivity contribution < 1.29 is 19.7 Å². The van der Waals surface area contributed by atoms with Gasteiger partial charge in [-0.2, -0.15) is 0 Å². The van der Waals surface area contributed by atoms with Crippen LogP contribution in [0.4, 0.5) is 0 Å². The topological polar surface area (TPSA) is 70.0 Å². The number of aliphatic hydroxyl groups excluding tert-OH is 1. The maximum atomic E-state index is 12.7. The molecular weight excluding hydrogens is 342 g/mol. The Morgan fingerprint density at radius 1 is 1.24 bits per heavy atom. The molecule has 0 saturated carbocycles. The van der Waals surface area contributed by atoms with E-state index in [1.165, 1.54) is 0 Å². The predicted octanol–water partition coefficient (Wildman–Crippen LogP) is 3.01. The standard InChI is InChI=1S/C19H20ClNO4/c1-12-15(3-2-4-16(12)22)19(24)21-10-9-18(17(23)11-21)25-14-7-5-13(20)6-8-14/h2-8,17-18,22-23H,9-11H2,1H3/t17-,18-/m1/s1. The number of aromatic hydroxyl groups is 1. The molecule has 1 fully saturated rings. The van der Waals surface area contributed by atoms with E-state index in [-0.39, 0.29) is 24.3 Å². The van der Waals surface area contributed by atoms with Crippen LogP contribution < -0.4 is 4.74 Å². The monoisotopic (exact) mass is 361 g/mol. The van der Waals surface area contributed by atoms with Gasteiger partial charge in [0.25, 0.3) is 5.91 Å². The van der Waals surface area contributed by atoms with Crippen molar-refractivity contribution in [1.29, 1.82) is 0 Å². The summed E-state index contributed by atoms with van der Waals surface area (Å²) in [5.41, 5.74) is 0.991. The zero-order valence-corrected chi connectivity index (χ0v) is 14.6. The summed E-state index contributed by atoms with van der Waals surface area (Å²) in [7, 11) is 0. The van der Waals surface area contributed by atoms with Gasteiger partial charge in [0.2, 0.25) is 0 Å². The van der Waals surface area contributed by atoms with Crippen LogP contribution in [0.15, 0.2) is 42.5 Å². The number of nitrogens with zero attached hydrogens (tertiary/aromatic N) is 1. The van der Waals surface area contributed by atoms with E-state index >= 15 is 0 Å². The number of benzene rings is 2. The number of amides is 1. The van der Waals surface area contributed by atoms with Gasteiger partial charge in [-0.15, -0.1) is 0 Å². The van der Waals surface area contributed by atoms with Crippen molar-refractivity contribution >= 4 is 17.5 Å². The number of hydrogen-bond donors (Lipinski definition) is 2. The second-order valence-electron chi connectivity index (χ2n) is 6.17. The fourth-order valence-electron chi connectivity index (χ4n) is 2.95. The Morgan fingerprint density at radius 2 is 1.96 bits per heavy atom. The minimum atomic E-state index is -0.786. The van der Waals surface area contributed by atoms with Crippen molar-refractivity contribution in [3.63, 3.8) is 0 Å². The van der Waals surface area contributed by atoms with Gasteiger partial charge in [-0.3, -0.25) is 4.79 Å². The molecule has 1 heterocycles. The highest BCUT2D eigenvalue weighted by Gasteiger charge is 2.32. The highest BCUT2D eigenvalue weighted by molar-refractivity contribution is 6.30. The highest BCUT2D eigenvalue weighted by Crippen LogP contribution is 2.25. The molecule has 0 radical (unpaired) electrons. The largest absolute Gasteiger partial charge is 0.508 e. The fourth-order valence-corrected chi connectivity index (χ4v) is 3.07. The van der Waals surface area contributed by atoms with Crippen LogP contribution in [0.25, 0.3) is 0 Å². The summed E-state index contributed by atoms with van der Waals surface area (Å²) < 4.78 is 5.81. The van der Waals surface area contributed by atoms with Crippen molar-refractivity contribution in [3.8, 4) is 11.5 Å². The summed E-state index contributed by atoms with van der Waals surface area (Å²) >= 11 is 5.85. The third-order valence-electron chi connectivity index (χ3n) is 4.44. The molecule has 0 unspecified atom stereocenters. The quantitative estimate of drug-likeness (QED) is 0.881. The van der Waals surface area contributed by atoms with E-state index in [1.807, 2.05) is 0 Å². The Balaban J connectivity index is 1.66. The lowest BCUT2D eigenvalue weighted by Gasteiger charge is -2.36. The molecule has 2 aromatic carbocycles. The number of hydrogen-bond acceptors (Lipinski definition) is 4. The number of ether oxygens (including phenoxy) is 1. The van der Waals surface area contributed by atoms with Crippen LogP contribution in [-0.4, -0.2) is 46.3 Å². The second kappa shape index (κ2) is 7.33. The highest BCUT2D eigenvalue weighted by atomic mass is 35.5. The van der Waals surface area contributed by atoms with Gasteiger partial charge in [-0.1, -0.05) is 17.7 Å². The maximum absolute atomic E-state index is 12.7. The number of piperidine rings is 1. The van der Waals surface area contributed by atoms with Crippen molar-refractivity contribution in [1.82, 2.24) is 4.90 Å². The van der Waals surface area contributed by atoms with E-state index in [0.29, 0.717) is 34.9 Å². The first-order valence-corrected chi connectivity index (χ1v) is 8.51. The summed E-state index contributed by atoms with van der Waals surface area (Å²) in [6.45, 7) is 2.37. The lowest BCUT2D eigenvalue weighted by molar-refractivity contribution is -0.0199. The average Bonchev–Trinajstić information content (AvgIpc) is 2.60. The molecule has 2 aromatic rings. The third-order valence-corrected chi connectivity index (χ3v) is 4.70. The van der Waals surface area contributed by atoms with Gasteiger partial charge in [-0.25, -0.2) is 0 Å². The molecule has 2 atom stereocenters. The van der Waals surface area contributed by atoms with Crippen molar-refractivity contribution in [3.05, 3.63) is 58.6 Å². The van der Waals surface area contributed by atoms with E-state index in [0.717, 1.165) is 0 Å². The SMILES string of the molecule is Cc1c(O)cccc1C(=O)N1CC[C@@H](Oc2ccc(Cl)cc2)[C@H](O)C1. The number of carbonyl (C=O) groups excluding carboxylic acids is 1. The number of halogens is 1. The van der Waals surface area contributed by atoms with Gasteiger partial charge in [0.15, 0.2) is 0 Å². The Morgan fingerprint density at radius 3 is 2.64 bits per heavy atom. The van der Waals surface area contributed by atoms with Crippen LogP contribution >= 0.6 is 11.6 Å². The van der Waals surface area contributed by atoms with Gasteiger partial charge in [0.05, 0.1) is 6.54 Å².